The van der Waals surface area contributed by atoms with Crippen LogP contribution in [0.4, 0.5) is 5.69 Å². The van der Waals surface area contributed by atoms with Crippen molar-refractivity contribution in [2.75, 3.05) is 18.5 Å². The highest BCUT2D eigenvalue weighted by molar-refractivity contribution is 9.10. The Hall–Kier alpha value is -1.06. The first kappa shape index (κ1) is 14.4. The molecule has 0 atom stereocenters. The number of likely N-dealkylation sites (N-methyl/N-ethyl adjacent to an activating group) is 1. The predicted molar refractivity (Wildman–Crippen MR) is 84.9 cm³/mol. The molecule has 0 amide bonds. The minimum Gasteiger partial charge on any atom is -0.374 e. The van der Waals surface area contributed by atoms with Gasteiger partial charge in [0.25, 0.3) is 0 Å². The Balaban J connectivity index is 2.07. The van der Waals surface area contributed by atoms with Gasteiger partial charge in [-0.1, -0.05) is 28.1 Å². The lowest BCUT2D eigenvalue weighted by Crippen LogP contribution is -2.21. The third-order valence-electron chi connectivity index (χ3n) is 3.03. The standard InChI is InChI=1S/C15H16BrClN2/c1-19(9-7-14-4-2-3-8-18-14)15-10-13(16)6-5-12(15)11-17/h2-6,8,10H,7,9,11H2,1H3. The maximum atomic E-state index is 5.99. The number of rotatable bonds is 5. The molecule has 0 aliphatic rings. The number of alkyl halides is 1. The summed E-state index contributed by atoms with van der Waals surface area (Å²) in [6.45, 7) is 0.914. The fourth-order valence-corrected chi connectivity index (χ4v) is 2.53. The summed E-state index contributed by atoms with van der Waals surface area (Å²) in [7, 11) is 2.08. The number of aromatic nitrogens is 1. The SMILES string of the molecule is CN(CCc1ccccn1)c1cc(Br)ccc1CCl. The van der Waals surface area contributed by atoms with Crippen LogP contribution in [0.1, 0.15) is 11.3 Å². The van der Waals surface area contributed by atoms with Crippen LogP contribution in [0.25, 0.3) is 0 Å². The van der Waals surface area contributed by atoms with E-state index in [1.807, 2.05) is 24.4 Å². The van der Waals surface area contributed by atoms with Crippen molar-refractivity contribution in [1.82, 2.24) is 4.98 Å². The summed E-state index contributed by atoms with van der Waals surface area (Å²) >= 11 is 9.50. The minimum atomic E-state index is 0.524. The average molecular weight is 340 g/mol. The number of hydrogen-bond acceptors (Lipinski definition) is 2. The molecule has 100 valence electrons. The molecule has 0 N–H and O–H groups in total. The predicted octanol–water partition coefficient (Wildman–Crippen LogP) is 4.26. The summed E-state index contributed by atoms with van der Waals surface area (Å²) in [5.74, 6) is 0.524. The first-order chi connectivity index (χ1) is 9.20. The molecular weight excluding hydrogens is 324 g/mol. The van der Waals surface area contributed by atoms with Crippen molar-refractivity contribution in [3.63, 3.8) is 0 Å². The molecular formula is C15H16BrClN2. The Kier molecular flexibility index (Phi) is 5.23. The number of halogens is 2. The first-order valence-corrected chi connectivity index (χ1v) is 7.49. The maximum absolute atomic E-state index is 5.99. The quantitative estimate of drug-likeness (QED) is 0.757. The van der Waals surface area contributed by atoms with E-state index in [0.717, 1.165) is 28.7 Å². The molecule has 0 spiro atoms. The van der Waals surface area contributed by atoms with Gasteiger partial charge in [-0.2, -0.15) is 0 Å². The highest BCUT2D eigenvalue weighted by atomic mass is 79.9. The summed E-state index contributed by atoms with van der Waals surface area (Å²) in [5.41, 5.74) is 3.42. The second-order valence-corrected chi connectivity index (χ2v) is 5.58. The van der Waals surface area contributed by atoms with Crippen molar-refractivity contribution in [2.24, 2.45) is 0 Å². The third kappa shape index (κ3) is 3.95. The van der Waals surface area contributed by atoms with E-state index >= 15 is 0 Å². The van der Waals surface area contributed by atoms with E-state index in [-0.39, 0.29) is 0 Å². The van der Waals surface area contributed by atoms with Crippen molar-refractivity contribution in [3.8, 4) is 0 Å². The van der Waals surface area contributed by atoms with Crippen molar-refractivity contribution >= 4 is 33.2 Å². The van der Waals surface area contributed by atoms with E-state index in [4.69, 9.17) is 11.6 Å². The molecule has 1 aromatic heterocycles. The number of nitrogens with zero attached hydrogens (tertiary/aromatic N) is 2. The molecule has 2 aromatic rings. The van der Waals surface area contributed by atoms with Crippen molar-refractivity contribution in [1.29, 1.82) is 0 Å². The molecule has 0 aliphatic carbocycles. The molecule has 0 saturated carbocycles. The molecule has 2 rings (SSSR count). The van der Waals surface area contributed by atoms with Gasteiger partial charge >= 0.3 is 0 Å². The lowest BCUT2D eigenvalue weighted by molar-refractivity contribution is 0.849. The van der Waals surface area contributed by atoms with Crippen LogP contribution < -0.4 is 4.90 Å². The van der Waals surface area contributed by atoms with Gasteiger partial charge < -0.3 is 4.90 Å². The van der Waals surface area contributed by atoms with Gasteiger partial charge in [-0.25, -0.2) is 0 Å². The number of benzene rings is 1. The Morgan fingerprint density at radius 2 is 2.11 bits per heavy atom. The summed E-state index contributed by atoms with van der Waals surface area (Å²) in [4.78, 5) is 6.56. The van der Waals surface area contributed by atoms with Gasteiger partial charge in [-0.15, -0.1) is 11.6 Å². The zero-order chi connectivity index (χ0) is 13.7. The molecule has 19 heavy (non-hydrogen) atoms. The van der Waals surface area contributed by atoms with E-state index in [1.165, 1.54) is 5.69 Å². The van der Waals surface area contributed by atoms with E-state index in [9.17, 15) is 0 Å². The Labute approximate surface area is 127 Å². The van der Waals surface area contributed by atoms with Crippen molar-refractivity contribution in [3.05, 3.63) is 58.3 Å². The lowest BCUT2D eigenvalue weighted by Gasteiger charge is -2.22. The summed E-state index contributed by atoms with van der Waals surface area (Å²) in [6.07, 6.45) is 2.75. The van der Waals surface area contributed by atoms with Gasteiger partial charge in [0.2, 0.25) is 0 Å². The monoisotopic (exact) mass is 338 g/mol. The molecule has 1 aromatic carbocycles. The Morgan fingerprint density at radius 3 is 2.79 bits per heavy atom. The molecule has 2 nitrogen and oxygen atoms in total. The van der Waals surface area contributed by atoms with Crippen LogP contribution in [-0.2, 0) is 12.3 Å². The third-order valence-corrected chi connectivity index (χ3v) is 3.81. The van der Waals surface area contributed by atoms with Gasteiger partial charge in [0.15, 0.2) is 0 Å². The lowest BCUT2D eigenvalue weighted by atomic mass is 10.1. The van der Waals surface area contributed by atoms with Gasteiger partial charge in [0.05, 0.1) is 0 Å². The van der Waals surface area contributed by atoms with Crippen LogP contribution in [-0.4, -0.2) is 18.6 Å². The van der Waals surface area contributed by atoms with E-state index in [0.29, 0.717) is 5.88 Å². The highest BCUT2D eigenvalue weighted by Crippen LogP contribution is 2.25. The zero-order valence-corrected chi connectivity index (χ0v) is 13.2. The Bertz CT molecular complexity index is 531. The second-order valence-electron chi connectivity index (χ2n) is 4.40. The maximum Gasteiger partial charge on any atom is 0.0494 e. The highest BCUT2D eigenvalue weighted by Gasteiger charge is 2.08. The molecule has 0 radical (unpaired) electrons. The van der Waals surface area contributed by atoms with E-state index in [2.05, 4.69) is 51.1 Å². The normalized spacial score (nSPS) is 10.5. The van der Waals surface area contributed by atoms with Crippen LogP contribution in [0.15, 0.2) is 47.1 Å². The smallest absolute Gasteiger partial charge is 0.0494 e. The van der Waals surface area contributed by atoms with Crippen LogP contribution in [0.2, 0.25) is 0 Å². The molecule has 4 heteroatoms. The van der Waals surface area contributed by atoms with E-state index in [1.54, 1.807) is 0 Å². The molecule has 0 fully saturated rings. The van der Waals surface area contributed by atoms with Gasteiger partial charge in [0.1, 0.15) is 0 Å². The van der Waals surface area contributed by atoms with Gasteiger partial charge in [0, 0.05) is 47.9 Å². The first-order valence-electron chi connectivity index (χ1n) is 6.16. The van der Waals surface area contributed by atoms with Crippen LogP contribution >= 0.6 is 27.5 Å². The molecule has 0 aliphatic heterocycles. The van der Waals surface area contributed by atoms with Crippen LogP contribution in [0, 0.1) is 0 Å². The molecule has 0 saturated heterocycles. The average Bonchev–Trinajstić information content (AvgIpc) is 2.46. The fourth-order valence-electron chi connectivity index (χ4n) is 1.95. The number of hydrogen-bond donors (Lipinski definition) is 0. The molecule has 1 heterocycles. The van der Waals surface area contributed by atoms with Gasteiger partial charge in [-0.05, 0) is 29.8 Å². The zero-order valence-electron chi connectivity index (χ0n) is 10.8. The minimum absolute atomic E-state index is 0.524. The Morgan fingerprint density at radius 1 is 1.26 bits per heavy atom. The summed E-state index contributed by atoms with van der Waals surface area (Å²) < 4.78 is 1.07. The second kappa shape index (κ2) is 6.92. The fraction of sp³-hybridized carbons (Fsp3) is 0.267. The molecule has 0 unspecified atom stereocenters. The molecule has 0 bridgehead atoms. The summed E-state index contributed by atoms with van der Waals surface area (Å²) in [5, 5.41) is 0. The number of anilines is 1. The van der Waals surface area contributed by atoms with Gasteiger partial charge in [-0.3, -0.25) is 4.98 Å². The number of pyridine rings is 1. The van der Waals surface area contributed by atoms with E-state index < -0.39 is 0 Å². The summed E-state index contributed by atoms with van der Waals surface area (Å²) in [6, 6.07) is 12.2. The largest absolute Gasteiger partial charge is 0.374 e. The topological polar surface area (TPSA) is 16.1 Å². The van der Waals surface area contributed by atoms with Crippen molar-refractivity contribution in [2.45, 2.75) is 12.3 Å². The van der Waals surface area contributed by atoms with Crippen molar-refractivity contribution < 1.29 is 0 Å². The van der Waals surface area contributed by atoms with Crippen LogP contribution in [0.5, 0.6) is 0 Å². The van der Waals surface area contributed by atoms with Crippen LogP contribution in [0.3, 0.4) is 0 Å².